The molecular formula is C9H16N4. The Morgan fingerprint density at radius 2 is 2.31 bits per heavy atom. The normalized spacial score (nSPS) is 22.7. The van der Waals surface area contributed by atoms with Crippen LogP contribution in [0.1, 0.15) is 17.8 Å². The number of nitrogens with two attached hydrogens (primary N) is 1. The summed E-state index contributed by atoms with van der Waals surface area (Å²) in [7, 11) is 0. The van der Waals surface area contributed by atoms with Gasteiger partial charge < -0.3 is 15.6 Å². The van der Waals surface area contributed by atoms with Gasteiger partial charge in [0.25, 0.3) is 0 Å². The van der Waals surface area contributed by atoms with Crippen molar-refractivity contribution in [1.82, 2.24) is 9.97 Å². The molecule has 0 spiro atoms. The second-order valence-corrected chi connectivity index (χ2v) is 3.77. The third-order valence-corrected chi connectivity index (χ3v) is 2.64. The highest BCUT2D eigenvalue weighted by Gasteiger charge is 2.21. The van der Waals surface area contributed by atoms with Crippen molar-refractivity contribution in [3.8, 4) is 0 Å². The number of hydrogen-bond acceptors (Lipinski definition) is 3. The Balaban J connectivity index is 2.17. The molecule has 1 atom stereocenters. The summed E-state index contributed by atoms with van der Waals surface area (Å²) in [5.74, 6) is 0.975. The van der Waals surface area contributed by atoms with Crippen LogP contribution in [0.2, 0.25) is 0 Å². The van der Waals surface area contributed by atoms with E-state index in [0.717, 1.165) is 36.8 Å². The first kappa shape index (κ1) is 8.56. The van der Waals surface area contributed by atoms with Gasteiger partial charge in [-0.1, -0.05) is 0 Å². The van der Waals surface area contributed by atoms with E-state index < -0.39 is 0 Å². The Bertz CT molecular complexity index is 285. The fraction of sp³-hybridized carbons (Fsp3) is 0.667. The van der Waals surface area contributed by atoms with Gasteiger partial charge >= 0.3 is 0 Å². The van der Waals surface area contributed by atoms with E-state index in [0.29, 0.717) is 6.04 Å². The van der Waals surface area contributed by atoms with Crippen molar-refractivity contribution in [3.05, 3.63) is 11.4 Å². The minimum atomic E-state index is 0.311. The lowest BCUT2D eigenvalue weighted by Gasteiger charge is -2.13. The Morgan fingerprint density at radius 1 is 1.54 bits per heavy atom. The van der Waals surface area contributed by atoms with Crippen LogP contribution in [0.15, 0.2) is 0 Å². The van der Waals surface area contributed by atoms with E-state index >= 15 is 0 Å². The summed E-state index contributed by atoms with van der Waals surface area (Å²) in [6.07, 6.45) is 1.07. The van der Waals surface area contributed by atoms with Gasteiger partial charge in [0.2, 0.25) is 5.95 Å². The van der Waals surface area contributed by atoms with Crippen LogP contribution < -0.4 is 10.6 Å². The Morgan fingerprint density at radius 3 is 2.77 bits per heavy atom. The van der Waals surface area contributed by atoms with E-state index in [9.17, 15) is 0 Å². The zero-order valence-corrected chi connectivity index (χ0v) is 8.17. The minimum Gasteiger partial charge on any atom is -0.341 e. The predicted molar refractivity (Wildman–Crippen MR) is 52.9 cm³/mol. The van der Waals surface area contributed by atoms with Crippen molar-refractivity contribution in [3.63, 3.8) is 0 Å². The molecule has 1 aromatic rings. The number of H-pyrrole nitrogens is 1. The van der Waals surface area contributed by atoms with Gasteiger partial charge in [0.1, 0.15) is 0 Å². The third kappa shape index (κ3) is 1.54. The lowest BCUT2D eigenvalue weighted by molar-refractivity contribution is 0.750. The van der Waals surface area contributed by atoms with Gasteiger partial charge in [0, 0.05) is 24.8 Å². The van der Waals surface area contributed by atoms with E-state index in [1.165, 1.54) is 0 Å². The molecule has 1 fully saturated rings. The summed E-state index contributed by atoms with van der Waals surface area (Å²) in [6.45, 7) is 6.01. The van der Waals surface area contributed by atoms with Gasteiger partial charge in [0.05, 0.1) is 5.69 Å². The molecule has 1 aliphatic heterocycles. The van der Waals surface area contributed by atoms with Crippen LogP contribution in [-0.4, -0.2) is 29.1 Å². The SMILES string of the molecule is Cc1nc(N2CCC(N)C2)[nH]c1C. The van der Waals surface area contributed by atoms with Crippen LogP contribution in [0.25, 0.3) is 0 Å². The number of anilines is 1. The first-order chi connectivity index (χ1) is 6.16. The molecule has 72 valence electrons. The molecule has 13 heavy (non-hydrogen) atoms. The maximum absolute atomic E-state index is 5.82. The quantitative estimate of drug-likeness (QED) is 0.664. The second kappa shape index (κ2) is 3.03. The van der Waals surface area contributed by atoms with Crippen LogP contribution in [0.3, 0.4) is 0 Å². The number of aryl methyl sites for hydroxylation is 2. The predicted octanol–water partition coefficient (Wildman–Crippen LogP) is 0.564. The van der Waals surface area contributed by atoms with E-state index in [1.807, 2.05) is 13.8 Å². The summed E-state index contributed by atoms with van der Waals surface area (Å²) in [5, 5.41) is 0. The molecule has 0 amide bonds. The largest absolute Gasteiger partial charge is 0.341 e. The lowest BCUT2D eigenvalue weighted by Crippen LogP contribution is -2.26. The molecule has 1 saturated heterocycles. The minimum absolute atomic E-state index is 0.311. The van der Waals surface area contributed by atoms with Crippen molar-refractivity contribution in [1.29, 1.82) is 0 Å². The van der Waals surface area contributed by atoms with Crippen LogP contribution >= 0.6 is 0 Å². The zero-order chi connectivity index (χ0) is 9.42. The molecule has 3 N–H and O–H groups in total. The maximum atomic E-state index is 5.82. The summed E-state index contributed by atoms with van der Waals surface area (Å²) in [5.41, 5.74) is 8.05. The van der Waals surface area contributed by atoms with Crippen molar-refractivity contribution in [2.24, 2.45) is 5.73 Å². The summed E-state index contributed by atoms with van der Waals surface area (Å²) in [4.78, 5) is 9.92. The molecule has 0 bridgehead atoms. The second-order valence-electron chi connectivity index (χ2n) is 3.77. The Labute approximate surface area is 78.1 Å². The number of aromatic nitrogens is 2. The van der Waals surface area contributed by atoms with Crippen LogP contribution in [0, 0.1) is 13.8 Å². The average Bonchev–Trinajstić information content (AvgIpc) is 2.61. The molecule has 0 saturated carbocycles. The van der Waals surface area contributed by atoms with Crippen molar-refractivity contribution >= 4 is 5.95 Å². The number of imidazole rings is 1. The fourth-order valence-electron chi connectivity index (χ4n) is 1.66. The maximum Gasteiger partial charge on any atom is 0.203 e. The highest BCUT2D eigenvalue weighted by molar-refractivity contribution is 5.35. The molecule has 1 aliphatic rings. The third-order valence-electron chi connectivity index (χ3n) is 2.64. The van der Waals surface area contributed by atoms with E-state index in [2.05, 4.69) is 14.9 Å². The summed E-state index contributed by atoms with van der Waals surface area (Å²) >= 11 is 0. The molecule has 0 aromatic carbocycles. The number of nitrogens with one attached hydrogen (secondary N) is 1. The molecule has 0 radical (unpaired) electrons. The van der Waals surface area contributed by atoms with Gasteiger partial charge in [-0.05, 0) is 20.3 Å². The number of aromatic amines is 1. The van der Waals surface area contributed by atoms with Gasteiger partial charge in [-0.3, -0.25) is 0 Å². The Hall–Kier alpha value is -1.03. The first-order valence-corrected chi connectivity index (χ1v) is 4.70. The number of nitrogens with zero attached hydrogens (tertiary/aromatic N) is 2. The van der Waals surface area contributed by atoms with E-state index in [-0.39, 0.29) is 0 Å². The molecular weight excluding hydrogens is 164 g/mol. The fourth-order valence-corrected chi connectivity index (χ4v) is 1.66. The van der Waals surface area contributed by atoms with E-state index in [4.69, 9.17) is 5.73 Å². The smallest absolute Gasteiger partial charge is 0.203 e. The highest BCUT2D eigenvalue weighted by Crippen LogP contribution is 2.17. The number of rotatable bonds is 1. The Kier molecular flexibility index (Phi) is 2.00. The highest BCUT2D eigenvalue weighted by atomic mass is 15.3. The zero-order valence-electron chi connectivity index (χ0n) is 8.17. The van der Waals surface area contributed by atoms with Crippen molar-refractivity contribution in [2.75, 3.05) is 18.0 Å². The first-order valence-electron chi connectivity index (χ1n) is 4.70. The van der Waals surface area contributed by atoms with Crippen molar-refractivity contribution in [2.45, 2.75) is 26.3 Å². The summed E-state index contributed by atoms with van der Waals surface area (Å²) < 4.78 is 0. The average molecular weight is 180 g/mol. The monoisotopic (exact) mass is 180 g/mol. The molecule has 2 rings (SSSR count). The molecule has 2 heterocycles. The van der Waals surface area contributed by atoms with Crippen LogP contribution in [-0.2, 0) is 0 Å². The van der Waals surface area contributed by atoms with Crippen LogP contribution in [0.5, 0.6) is 0 Å². The standard InChI is InChI=1S/C9H16N4/c1-6-7(2)12-9(11-6)13-4-3-8(10)5-13/h8H,3-5,10H2,1-2H3,(H,11,12). The van der Waals surface area contributed by atoms with Gasteiger partial charge in [0.15, 0.2) is 0 Å². The molecule has 4 nitrogen and oxygen atoms in total. The molecule has 0 aliphatic carbocycles. The summed E-state index contributed by atoms with van der Waals surface area (Å²) in [6, 6.07) is 0.311. The topological polar surface area (TPSA) is 57.9 Å². The van der Waals surface area contributed by atoms with Gasteiger partial charge in [-0.25, -0.2) is 4.98 Å². The van der Waals surface area contributed by atoms with E-state index in [1.54, 1.807) is 0 Å². The van der Waals surface area contributed by atoms with Gasteiger partial charge in [-0.2, -0.15) is 0 Å². The molecule has 1 unspecified atom stereocenters. The van der Waals surface area contributed by atoms with Crippen LogP contribution in [0.4, 0.5) is 5.95 Å². The van der Waals surface area contributed by atoms with Crippen molar-refractivity contribution < 1.29 is 0 Å². The number of hydrogen-bond donors (Lipinski definition) is 2. The lowest BCUT2D eigenvalue weighted by atomic mass is 10.3. The van der Waals surface area contributed by atoms with Gasteiger partial charge in [-0.15, -0.1) is 0 Å². The molecule has 4 heteroatoms. The molecule has 1 aromatic heterocycles.